The molecule has 1 radical (unpaired) electrons. The molecule has 1 rings (SSSR count). The number of ether oxygens (including phenoxy) is 3. The number of methoxy groups -OCH3 is 1. The van der Waals surface area contributed by atoms with Crippen molar-refractivity contribution in [2.75, 3.05) is 20.3 Å². The van der Waals surface area contributed by atoms with Crippen molar-refractivity contribution in [3.05, 3.63) is 42.3 Å². The summed E-state index contributed by atoms with van der Waals surface area (Å²) in [5.74, 6) is 0.767. The average molecular weight is 560 g/mol. The minimum atomic E-state index is -0.623. The number of benzene rings is 1. The molecule has 0 aliphatic rings. The van der Waals surface area contributed by atoms with E-state index in [4.69, 9.17) is 14.2 Å². The van der Waals surface area contributed by atoms with Crippen molar-refractivity contribution < 1.29 is 23.8 Å². The van der Waals surface area contributed by atoms with E-state index in [2.05, 4.69) is 48.5 Å². The summed E-state index contributed by atoms with van der Waals surface area (Å²) < 4.78 is 16.3. The maximum atomic E-state index is 12.9. The molecule has 0 fully saturated rings. The summed E-state index contributed by atoms with van der Waals surface area (Å²) in [5, 5.41) is 0. The van der Waals surface area contributed by atoms with Crippen molar-refractivity contribution in [3.8, 4) is 5.75 Å². The van der Waals surface area contributed by atoms with E-state index in [1.54, 1.807) is 37.5 Å². The third-order valence-electron chi connectivity index (χ3n) is 7.40. The number of hydrogen-bond donors (Lipinski definition) is 0. The Morgan fingerprint density at radius 1 is 0.725 bits per heavy atom. The largest absolute Gasteiger partial charge is 0.497 e. The van der Waals surface area contributed by atoms with E-state index in [1.165, 1.54) is 25.7 Å². The van der Waals surface area contributed by atoms with Gasteiger partial charge < -0.3 is 14.2 Å². The number of carbonyl (C=O) groups excluding carboxylic acids is 2. The van der Waals surface area contributed by atoms with Crippen molar-refractivity contribution in [3.63, 3.8) is 0 Å². The van der Waals surface area contributed by atoms with Gasteiger partial charge in [0, 0.05) is 0 Å². The highest BCUT2D eigenvalue weighted by Gasteiger charge is 2.24. The molecule has 0 amide bonds. The first-order valence-corrected chi connectivity index (χ1v) is 15.8. The van der Waals surface area contributed by atoms with E-state index in [0.29, 0.717) is 42.3 Å². The van der Waals surface area contributed by atoms with Crippen LogP contribution in [0.25, 0.3) is 6.08 Å². The Hall–Kier alpha value is -2.30. The first-order valence-electron chi connectivity index (χ1n) is 15.8. The van der Waals surface area contributed by atoms with Gasteiger partial charge in [-0.3, -0.25) is 0 Å². The predicted octanol–water partition coefficient (Wildman–Crippen LogP) is 9.63. The minimum Gasteiger partial charge on any atom is -0.497 e. The van der Waals surface area contributed by atoms with Crippen molar-refractivity contribution in [1.29, 1.82) is 0 Å². The maximum Gasteiger partial charge on any atom is 0.345 e. The molecule has 3 atom stereocenters. The van der Waals surface area contributed by atoms with Crippen LogP contribution in [-0.4, -0.2) is 32.3 Å². The second-order valence-corrected chi connectivity index (χ2v) is 10.8. The minimum absolute atomic E-state index is 0.0640. The molecule has 0 aliphatic heterocycles. The summed E-state index contributed by atoms with van der Waals surface area (Å²) in [6.45, 7) is 17.5. The molecular formula is C35H59O5. The topological polar surface area (TPSA) is 61.8 Å². The van der Waals surface area contributed by atoms with Gasteiger partial charge in [0.25, 0.3) is 0 Å². The second kappa shape index (κ2) is 24.5. The lowest BCUT2D eigenvalue weighted by molar-refractivity contribution is -0.148. The van der Waals surface area contributed by atoms with Gasteiger partial charge in [-0.1, -0.05) is 125 Å². The van der Waals surface area contributed by atoms with Gasteiger partial charge in [0.1, 0.15) is 11.3 Å². The summed E-state index contributed by atoms with van der Waals surface area (Å²) in [6.07, 6.45) is 15.1. The van der Waals surface area contributed by atoms with Gasteiger partial charge >= 0.3 is 11.9 Å². The van der Waals surface area contributed by atoms with Crippen LogP contribution in [0.3, 0.4) is 0 Å². The predicted molar refractivity (Wildman–Crippen MR) is 168 cm³/mol. The van der Waals surface area contributed by atoms with E-state index < -0.39 is 11.9 Å². The highest BCUT2D eigenvalue weighted by molar-refractivity contribution is 6.17. The summed E-state index contributed by atoms with van der Waals surface area (Å²) in [5.41, 5.74) is 0.650. The molecule has 229 valence electrons. The summed E-state index contributed by atoms with van der Waals surface area (Å²) in [7, 11) is 1.59. The number of hydrogen-bond acceptors (Lipinski definition) is 5. The molecule has 0 heterocycles. The molecule has 5 heteroatoms. The number of rotatable bonds is 20. The Kier molecular flexibility index (Phi) is 23.1. The van der Waals surface area contributed by atoms with E-state index in [-0.39, 0.29) is 5.57 Å². The molecule has 40 heavy (non-hydrogen) atoms. The lowest BCUT2D eigenvalue weighted by Crippen LogP contribution is -2.23. The highest BCUT2D eigenvalue weighted by Crippen LogP contribution is 2.19. The van der Waals surface area contributed by atoms with Crippen molar-refractivity contribution in [1.82, 2.24) is 0 Å². The monoisotopic (exact) mass is 559 g/mol. The fraction of sp³-hybridized carbons (Fsp3) is 0.686. The van der Waals surface area contributed by atoms with E-state index in [1.807, 2.05) is 0 Å². The molecule has 0 N–H and O–H groups in total. The Labute approximate surface area is 246 Å². The van der Waals surface area contributed by atoms with Crippen LogP contribution in [0.1, 0.15) is 124 Å². The second-order valence-electron chi connectivity index (χ2n) is 10.8. The summed E-state index contributed by atoms with van der Waals surface area (Å²) in [4.78, 5) is 25.8. The molecule has 1 aromatic rings. The van der Waals surface area contributed by atoms with Crippen LogP contribution >= 0.6 is 0 Å². The summed E-state index contributed by atoms with van der Waals surface area (Å²) >= 11 is 0. The van der Waals surface area contributed by atoms with Crippen LogP contribution in [0.4, 0.5) is 0 Å². The van der Waals surface area contributed by atoms with E-state index in [9.17, 15) is 9.59 Å². The van der Waals surface area contributed by atoms with Crippen LogP contribution < -0.4 is 4.74 Å². The zero-order valence-corrected chi connectivity index (χ0v) is 26.8. The molecule has 0 spiro atoms. The smallest absolute Gasteiger partial charge is 0.345 e. The van der Waals surface area contributed by atoms with Gasteiger partial charge in [0.2, 0.25) is 0 Å². The molecule has 0 saturated heterocycles. The van der Waals surface area contributed by atoms with Gasteiger partial charge in [-0.15, -0.1) is 0 Å². The van der Waals surface area contributed by atoms with Crippen molar-refractivity contribution in [2.45, 2.75) is 119 Å². The standard InChI is InChI=1S/C27H42O5.C8H17/c1-6-10-12-21(8-3)19-31-26(28)25(18-23-14-16-24(30-5)17-15-23)27(29)32-20-22(9-4)13-11-7-2;1-4-6-7-8(3)5-2/h14-18,21-22H,6-13,19-20H2,1-5H3;8H,3-7H2,1-2H3. The van der Waals surface area contributed by atoms with Gasteiger partial charge in [-0.25, -0.2) is 9.59 Å². The summed E-state index contributed by atoms with van der Waals surface area (Å²) in [6, 6.07) is 7.17. The fourth-order valence-electron chi connectivity index (χ4n) is 4.10. The SMILES string of the molecule is CCCCC(CC)COC(=O)C(=Cc1ccc(OC)cc1)C(=O)OCC(CC)CCCC.[CH2]C(CC)CCCC. The number of carbonyl (C=O) groups is 2. The fourth-order valence-corrected chi connectivity index (χ4v) is 4.10. The van der Waals surface area contributed by atoms with Gasteiger partial charge in [-0.2, -0.15) is 0 Å². The molecule has 0 aromatic heterocycles. The third kappa shape index (κ3) is 17.4. The lowest BCUT2D eigenvalue weighted by Gasteiger charge is -2.17. The Morgan fingerprint density at radius 3 is 1.55 bits per heavy atom. The van der Waals surface area contributed by atoms with Crippen LogP contribution in [0.5, 0.6) is 5.75 Å². The first kappa shape index (κ1) is 37.7. The number of unbranched alkanes of at least 4 members (excludes halogenated alkanes) is 3. The van der Waals surface area contributed by atoms with Crippen LogP contribution in [0.2, 0.25) is 0 Å². The van der Waals surface area contributed by atoms with Crippen LogP contribution in [0, 0.1) is 24.7 Å². The van der Waals surface area contributed by atoms with Gasteiger partial charge in [0.05, 0.1) is 20.3 Å². The van der Waals surface area contributed by atoms with Crippen molar-refractivity contribution >= 4 is 18.0 Å². The van der Waals surface area contributed by atoms with E-state index >= 15 is 0 Å². The third-order valence-corrected chi connectivity index (χ3v) is 7.40. The zero-order valence-electron chi connectivity index (χ0n) is 26.8. The van der Waals surface area contributed by atoms with Crippen LogP contribution in [-0.2, 0) is 19.1 Å². The zero-order chi connectivity index (χ0) is 30.2. The molecule has 1 aromatic carbocycles. The quantitative estimate of drug-likeness (QED) is 0.0689. The Bertz CT molecular complexity index is 765. The first-order chi connectivity index (χ1) is 19.3. The molecular weight excluding hydrogens is 500 g/mol. The normalized spacial score (nSPS) is 12.8. The number of esters is 2. The molecule has 0 bridgehead atoms. The molecule has 0 saturated carbocycles. The van der Waals surface area contributed by atoms with E-state index in [0.717, 1.165) is 51.4 Å². The molecule has 3 unspecified atom stereocenters. The van der Waals surface area contributed by atoms with Crippen molar-refractivity contribution in [2.24, 2.45) is 17.8 Å². The Morgan fingerprint density at radius 2 is 1.18 bits per heavy atom. The van der Waals surface area contributed by atoms with Gasteiger partial charge in [-0.05, 0) is 54.4 Å². The maximum absolute atomic E-state index is 12.9. The van der Waals surface area contributed by atoms with Gasteiger partial charge in [0.15, 0.2) is 0 Å². The Balaban J connectivity index is 0.00000165. The molecule has 5 nitrogen and oxygen atoms in total. The van der Waals surface area contributed by atoms with Crippen LogP contribution in [0.15, 0.2) is 29.8 Å². The lowest BCUT2D eigenvalue weighted by atomic mass is 10.0. The highest BCUT2D eigenvalue weighted by atomic mass is 16.6. The average Bonchev–Trinajstić information content (AvgIpc) is 2.99. The molecule has 0 aliphatic carbocycles.